The topological polar surface area (TPSA) is 79.1 Å². The first-order valence-electron chi connectivity index (χ1n) is 11.9. The Kier molecular flexibility index (Phi) is 6.94. The molecule has 7 nitrogen and oxygen atoms in total. The second-order valence-electron chi connectivity index (χ2n) is 9.36. The summed E-state index contributed by atoms with van der Waals surface area (Å²) in [5.74, 6) is 0.470. The summed E-state index contributed by atoms with van der Waals surface area (Å²) >= 11 is 1.78. The number of nitrogens with one attached hydrogen (secondary N) is 1. The van der Waals surface area contributed by atoms with Crippen LogP contribution in [0.5, 0.6) is 0 Å². The zero-order chi connectivity index (χ0) is 25.2. The largest absolute Gasteiger partial charge is 0.386 e. The lowest BCUT2D eigenvalue weighted by molar-refractivity contribution is 0.00248. The minimum atomic E-state index is -1.42. The third kappa shape index (κ3) is 5.67. The fourth-order valence-corrected chi connectivity index (χ4v) is 4.93. The Balaban J connectivity index is 1.31. The second-order valence-corrected chi connectivity index (χ2v) is 11.4. The third-order valence-corrected chi connectivity index (χ3v) is 7.03. The number of alkyl halides is 2. The minimum Gasteiger partial charge on any atom is -0.386 e. The molecule has 1 aromatic heterocycles. The highest BCUT2D eigenvalue weighted by molar-refractivity contribution is 14.1. The first kappa shape index (κ1) is 24.6. The highest BCUT2D eigenvalue weighted by atomic mass is 127. The number of hydrogen-bond donors (Lipinski definition) is 2. The number of piperidine rings is 1. The Labute approximate surface area is 223 Å². The highest BCUT2D eigenvalue weighted by Gasteiger charge is 2.35. The summed E-state index contributed by atoms with van der Waals surface area (Å²) in [7, 11) is 0. The number of aliphatic hydroxyl groups is 1. The van der Waals surface area contributed by atoms with Gasteiger partial charge < -0.3 is 15.3 Å². The number of tetrazole rings is 1. The molecule has 1 aliphatic heterocycles. The van der Waals surface area contributed by atoms with Gasteiger partial charge in [0.2, 0.25) is 5.82 Å². The molecule has 0 aliphatic carbocycles. The molecule has 2 heterocycles. The molecule has 0 bridgehead atoms. The van der Waals surface area contributed by atoms with E-state index in [2.05, 4.69) is 37.8 Å². The fraction of sp³-hybridized carbons (Fsp3) is 0.296. The van der Waals surface area contributed by atoms with Crippen LogP contribution < -0.4 is 10.2 Å². The first-order valence-corrected chi connectivity index (χ1v) is 13.0. The van der Waals surface area contributed by atoms with Crippen LogP contribution in [0.2, 0.25) is 0 Å². The van der Waals surface area contributed by atoms with E-state index in [0.29, 0.717) is 24.4 Å². The van der Waals surface area contributed by atoms with Gasteiger partial charge in [0.05, 0.1) is 6.54 Å². The molecule has 0 saturated carbocycles. The average molecular weight is 598 g/mol. The Morgan fingerprint density at radius 3 is 2.53 bits per heavy atom. The van der Waals surface area contributed by atoms with Crippen LogP contribution >= 0.6 is 22.6 Å². The predicted octanol–water partition coefficient (Wildman–Crippen LogP) is 5.69. The summed E-state index contributed by atoms with van der Waals surface area (Å²) in [6, 6.07) is 25.1. The van der Waals surface area contributed by atoms with Crippen molar-refractivity contribution in [1.29, 1.82) is 0 Å². The fourth-order valence-electron chi connectivity index (χ4n) is 4.57. The van der Waals surface area contributed by atoms with Crippen molar-refractivity contribution in [2.45, 2.75) is 35.6 Å². The Bertz CT molecular complexity index is 1310. The lowest BCUT2D eigenvalue weighted by atomic mass is 9.92. The van der Waals surface area contributed by atoms with Crippen LogP contribution in [0.3, 0.4) is 0 Å². The molecule has 1 aliphatic rings. The SMILES string of the molecule is CC(F)(I)c1ccc(Nc2ccccc2-c2nnn(CC3(O)CCCN(c4ccccc4)C3)n2)cc1. The summed E-state index contributed by atoms with van der Waals surface area (Å²) in [6.07, 6.45) is 1.56. The van der Waals surface area contributed by atoms with E-state index < -0.39 is 9.28 Å². The minimum absolute atomic E-state index is 0.263. The van der Waals surface area contributed by atoms with Crippen molar-refractivity contribution in [2.75, 3.05) is 23.3 Å². The lowest BCUT2D eigenvalue weighted by Crippen LogP contribution is -2.51. The molecular weight excluding hydrogens is 570 g/mol. The molecule has 1 saturated heterocycles. The van der Waals surface area contributed by atoms with Crippen LogP contribution in [0, 0.1) is 0 Å². The molecule has 0 spiro atoms. The molecule has 9 heteroatoms. The number of hydrogen-bond acceptors (Lipinski definition) is 6. The number of benzene rings is 3. The van der Waals surface area contributed by atoms with E-state index in [1.807, 2.05) is 54.6 Å². The van der Waals surface area contributed by atoms with Crippen LogP contribution in [0.1, 0.15) is 25.3 Å². The molecule has 5 rings (SSSR count). The maximum atomic E-state index is 14.2. The monoisotopic (exact) mass is 598 g/mol. The quantitative estimate of drug-likeness (QED) is 0.210. The summed E-state index contributed by atoms with van der Waals surface area (Å²) in [4.78, 5) is 3.69. The average Bonchev–Trinajstić information content (AvgIpc) is 3.32. The van der Waals surface area contributed by atoms with E-state index in [0.717, 1.165) is 35.6 Å². The summed E-state index contributed by atoms with van der Waals surface area (Å²) < 4.78 is 12.8. The van der Waals surface area contributed by atoms with E-state index in [1.54, 1.807) is 34.7 Å². The molecule has 186 valence electrons. The standard InChI is InChI=1S/C27H28FIN6O/c1-26(28,29)20-12-14-21(15-13-20)30-24-11-6-5-10-23(24)25-31-33-35(32-25)19-27(36)16-7-17-34(18-27)22-8-3-2-4-9-22/h2-6,8-15,30,36H,7,16-19H2,1H3. The van der Waals surface area contributed by atoms with Gasteiger partial charge in [-0.3, -0.25) is 0 Å². The van der Waals surface area contributed by atoms with Crippen LogP contribution in [0.25, 0.3) is 11.4 Å². The first-order chi connectivity index (χ1) is 17.3. The number of halogens is 2. The van der Waals surface area contributed by atoms with Gasteiger partial charge in [-0.25, -0.2) is 4.39 Å². The molecular formula is C27H28FIN6O. The van der Waals surface area contributed by atoms with Gasteiger partial charge in [-0.05, 0) is 89.5 Å². The Morgan fingerprint density at radius 1 is 1.06 bits per heavy atom. The molecule has 2 N–H and O–H groups in total. The molecule has 2 unspecified atom stereocenters. The molecule has 4 aromatic rings. The van der Waals surface area contributed by atoms with Crippen molar-refractivity contribution in [2.24, 2.45) is 0 Å². The molecule has 36 heavy (non-hydrogen) atoms. The van der Waals surface area contributed by atoms with E-state index in [4.69, 9.17) is 0 Å². The number of rotatable bonds is 7. The van der Waals surface area contributed by atoms with Gasteiger partial charge in [-0.15, -0.1) is 10.2 Å². The molecule has 0 amide bonds. The Hall–Kier alpha value is -3.05. The zero-order valence-electron chi connectivity index (χ0n) is 20.0. The smallest absolute Gasteiger partial charge is 0.207 e. The maximum Gasteiger partial charge on any atom is 0.207 e. The number of nitrogens with zero attached hydrogens (tertiary/aromatic N) is 5. The van der Waals surface area contributed by atoms with Gasteiger partial charge in [0.25, 0.3) is 0 Å². The third-order valence-electron chi connectivity index (χ3n) is 6.40. The normalized spacial score (nSPS) is 19.6. The van der Waals surface area contributed by atoms with Crippen LogP contribution in [-0.2, 0) is 10.2 Å². The number of β-amino-alcohol motifs (C(OH)–C–C–N with tert-alkyl or cyclic N) is 1. The number of aromatic nitrogens is 4. The van der Waals surface area contributed by atoms with Crippen molar-refractivity contribution >= 4 is 39.7 Å². The maximum absolute atomic E-state index is 14.2. The highest BCUT2D eigenvalue weighted by Crippen LogP contribution is 2.34. The van der Waals surface area contributed by atoms with Crippen molar-refractivity contribution in [1.82, 2.24) is 20.2 Å². The lowest BCUT2D eigenvalue weighted by Gasteiger charge is -2.40. The second kappa shape index (κ2) is 10.1. The summed E-state index contributed by atoms with van der Waals surface area (Å²) in [6.45, 7) is 3.21. The van der Waals surface area contributed by atoms with Gasteiger partial charge >= 0.3 is 0 Å². The van der Waals surface area contributed by atoms with Gasteiger partial charge in [-0.1, -0.05) is 42.5 Å². The summed E-state index contributed by atoms with van der Waals surface area (Å²) in [5.41, 5.74) is 3.20. The predicted molar refractivity (Wildman–Crippen MR) is 148 cm³/mol. The van der Waals surface area contributed by atoms with Crippen molar-refractivity contribution < 1.29 is 9.50 Å². The van der Waals surface area contributed by atoms with Gasteiger partial charge in [0.15, 0.2) is 3.68 Å². The van der Waals surface area contributed by atoms with E-state index in [9.17, 15) is 9.50 Å². The van der Waals surface area contributed by atoms with Gasteiger partial charge in [0, 0.05) is 35.7 Å². The van der Waals surface area contributed by atoms with Crippen molar-refractivity contribution in [3.05, 3.63) is 84.4 Å². The van der Waals surface area contributed by atoms with Crippen LogP contribution in [-0.4, -0.2) is 44.0 Å². The van der Waals surface area contributed by atoms with E-state index in [-0.39, 0.29) is 6.54 Å². The molecule has 2 atom stereocenters. The van der Waals surface area contributed by atoms with Crippen LogP contribution in [0.15, 0.2) is 78.9 Å². The van der Waals surface area contributed by atoms with Crippen molar-refractivity contribution in [3.63, 3.8) is 0 Å². The molecule has 1 fully saturated rings. The van der Waals surface area contributed by atoms with Crippen molar-refractivity contribution in [3.8, 4) is 11.4 Å². The Morgan fingerprint density at radius 2 is 1.78 bits per heavy atom. The summed E-state index contributed by atoms with van der Waals surface area (Å²) in [5, 5.41) is 27.8. The molecule has 0 radical (unpaired) electrons. The number of anilines is 3. The van der Waals surface area contributed by atoms with Crippen LogP contribution in [0.4, 0.5) is 21.5 Å². The number of para-hydroxylation sites is 2. The van der Waals surface area contributed by atoms with E-state index in [1.165, 1.54) is 11.7 Å². The van der Waals surface area contributed by atoms with E-state index >= 15 is 0 Å². The van der Waals surface area contributed by atoms with Gasteiger partial charge in [0.1, 0.15) is 5.60 Å². The zero-order valence-corrected chi connectivity index (χ0v) is 22.1. The van der Waals surface area contributed by atoms with Gasteiger partial charge in [-0.2, -0.15) is 4.80 Å². The molecule has 3 aromatic carbocycles.